The van der Waals surface area contributed by atoms with Crippen LogP contribution in [0.5, 0.6) is 0 Å². The molecule has 1 amide bonds. The van der Waals surface area contributed by atoms with E-state index in [9.17, 15) is 4.79 Å². The third-order valence-corrected chi connectivity index (χ3v) is 5.39. The van der Waals surface area contributed by atoms with E-state index >= 15 is 0 Å². The van der Waals surface area contributed by atoms with Crippen molar-refractivity contribution < 1.29 is 4.79 Å². The Morgan fingerprint density at radius 1 is 1.04 bits per heavy atom. The van der Waals surface area contributed by atoms with Crippen LogP contribution in [0.15, 0.2) is 59.7 Å². The minimum absolute atomic E-state index is 0.0882. The SMILES string of the molecule is O=C(N=c1ccccn1Cc1ccccc1)C1CC2CCC1C2. The zero-order chi connectivity index (χ0) is 15.6. The van der Waals surface area contributed by atoms with Crippen molar-refractivity contribution in [1.29, 1.82) is 0 Å². The number of carbonyl (C=O) groups excluding carboxylic acids is 1. The molecule has 2 aromatic rings. The van der Waals surface area contributed by atoms with Crippen molar-refractivity contribution in [2.45, 2.75) is 32.2 Å². The minimum Gasteiger partial charge on any atom is -0.328 e. The molecule has 23 heavy (non-hydrogen) atoms. The van der Waals surface area contributed by atoms with E-state index in [4.69, 9.17) is 0 Å². The second-order valence-corrected chi connectivity index (χ2v) is 6.90. The highest BCUT2D eigenvalue weighted by Crippen LogP contribution is 2.48. The molecule has 1 heterocycles. The number of benzene rings is 1. The molecule has 1 aromatic heterocycles. The normalized spacial score (nSPS) is 26.6. The first-order chi connectivity index (χ1) is 11.3. The van der Waals surface area contributed by atoms with E-state index in [0.717, 1.165) is 24.4 Å². The first-order valence-corrected chi connectivity index (χ1v) is 8.57. The van der Waals surface area contributed by atoms with Crippen molar-refractivity contribution >= 4 is 5.91 Å². The number of aromatic nitrogens is 1. The Morgan fingerprint density at radius 2 is 1.87 bits per heavy atom. The fourth-order valence-electron chi connectivity index (χ4n) is 4.23. The maximum absolute atomic E-state index is 12.6. The fraction of sp³-hybridized carbons (Fsp3) is 0.400. The fourth-order valence-corrected chi connectivity index (χ4v) is 4.23. The molecule has 0 spiro atoms. The Labute approximate surface area is 136 Å². The van der Waals surface area contributed by atoms with Gasteiger partial charge < -0.3 is 4.57 Å². The lowest BCUT2D eigenvalue weighted by molar-refractivity contribution is -0.123. The Morgan fingerprint density at radius 3 is 2.61 bits per heavy atom. The van der Waals surface area contributed by atoms with E-state index in [1.165, 1.54) is 24.8 Å². The van der Waals surface area contributed by atoms with Crippen molar-refractivity contribution in [3.63, 3.8) is 0 Å². The first kappa shape index (κ1) is 14.4. The average Bonchev–Trinajstić information content (AvgIpc) is 3.21. The zero-order valence-corrected chi connectivity index (χ0v) is 13.3. The smallest absolute Gasteiger partial charge is 0.251 e. The molecule has 2 aliphatic rings. The van der Waals surface area contributed by atoms with Crippen LogP contribution in [-0.4, -0.2) is 10.5 Å². The van der Waals surface area contributed by atoms with Gasteiger partial charge in [0.1, 0.15) is 5.49 Å². The van der Waals surface area contributed by atoms with Crippen LogP contribution in [0, 0.1) is 17.8 Å². The summed E-state index contributed by atoms with van der Waals surface area (Å²) in [5, 5.41) is 0. The van der Waals surface area contributed by atoms with Gasteiger partial charge in [0.15, 0.2) is 0 Å². The van der Waals surface area contributed by atoms with E-state index < -0.39 is 0 Å². The summed E-state index contributed by atoms with van der Waals surface area (Å²) in [5.41, 5.74) is 1.98. The average molecular weight is 306 g/mol. The number of amides is 1. The van der Waals surface area contributed by atoms with Crippen LogP contribution in [0.2, 0.25) is 0 Å². The summed E-state index contributed by atoms with van der Waals surface area (Å²) in [6.07, 6.45) is 6.83. The predicted octanol–water partition coefficient (Wildman–Crippen LogP) is 3.40. The lowest BCUT2D eigenvalue weighted by Gasteiger charge is -2.18. The molecule has 0 aliphatic heterocycles. The summed E-state index contributed by atoms with van der Waals surface area (Å²) in [4.78, 5) is 17.1. The van der Waals surface area contributed by atoms with E-state index in [-0.39, 0.29) is 11.8 Å². The van der Waals surface area contributed by atoms with Crippen molar-refractivity contribution in [2.24, 2.45) is 22.7 Å². The molecule has 4 rings (SSSR count). The predicted molar refractivity (Wildman–Crippen MR) is 89.5 cm³/mol. The molecular weight excluding hydrogens is 284 g/mol. The Bertz CT molecular complexity index is 762. The summed E-state index contributed by atoms with van der Waals surface area (Å²) < 4.78 is 2.06. The number of rotatable bonds is 3. The molecular formula is C20H22N2O. The monoisotopic (exact) mass is 306 g/mol. The van der Waals surface area contributed by atoms with Crippen LogP contribution in [0.3, 0.4) is 0 Å². The quantitative estimate of drug-likeness (QED) is 0.856. The van der Waals surface area contributed by atoms with Gasteiger partial charge in [-0.15, -0.1) is 0 Å². The Kier molecular flexibility index (Phi) is 3.86. The van der Waals surface area contributed by atoms with Crippen LogP contribution in [0.4, 0.5) is 0 Å². The van der Waals surface area contributed by atoms with Crippen LogP contribution in [0.25, 0.3) is 0 Å². The second kappa shape index (κ2) is 6.15. The van der Waals surface area contributed by atoms with Crippen LogP contribution in [0.1, 0.15) is 31.2 Å². The lowest BCUT2D eigenvalue weighted by Crippen LogP contribution is -2.26. The van der Waals surface area contributed by atoms with Gasteiger partial charge in [0.05, 0.1) is 0 Å². The third-order valence-electron chi connectivity index (χ3n) is 5.39. The number of hydrogen-bond donors (Lipinski definition) is 0. The highest BCUT2D eigenvalue weighted by molar-refractivity contribution is 5.80. The van der Waals surface area contributed by atoms with Gasteiger partial charge >= 0.3 is 0 Å². The number of carbonyl (C=O) groups is 1. The summed E-state index contributed by atoms with van der Waals surface area (Å²) in [5.74, 6) is 1.61. The summed E-state index contributed by atoms with van der Waals surface area (Å²) in [6.45, 7) is 0.741. The molecule has 0 saturated heterocycles. The van der Waals surface area contributed by atoms with Crippen molar-refractivity contribution in [3.05, 3.63) is 65.8 Å². The van der Waals surface area contributed by atoms with Crippen LogP contribution < -0.4 is 5.49 Å². The number of pyridine rings is 1. The minimum atomic E-state index is 0.0882. The topological polar surface area (TPSA) is 34.4 Å². The molecule has 0 radical (unpaired) electrons. The number of nitrogens with zero attached hydrogens (tertiary/aromatic N) is 2. The second-order valence-electron chi connectivity index (χ2n) is 6.90. The molecule has 3 nitrogen and oxygen atoms in total. The van der Waals surface area contributed by atoms with Gasteiger partial charge in [0.2, 0.25) is 0 Å². The summed E-state index contributed by atoms with van der Waals surface area (Å²) in [6, 6.07) is 16.2. The van der Waals surface area contributed by atoms with Crippen LogP contribution >= 0.6 is 0 Å². The Balaban J connectivity index is 1.60. The maximum atomic E-state index is 12.6. The zero-order valence-electron chi connectivity index (χ0n) is 13.3. The largest absolute Gasteiger partial charge is 0.328 e. The summed E-state index contributed by atoms with van der Waals surface area (Å²) >= 11 is 0. The molecule has 2 bridgehead atoms. The van der Waals surface area contributed by atoms with Gasteiger partial charge in [-0.1, -0.05) is 42.8 Å². The van der Waals surface area contributed by atoms with Gasteiger partial charge in [0, 0.05) is 18.7 Å². The van der Waals surface area contributed by atoms with Crippen molar-refractivity contribution in [2.75, 3.05) is 0 Å². The van der Waals surface area contributed by atoms with Gasteiger partial charge in [-0.2, -0.15) is 4.99 Å². The van der Waals surface area contributed by atoms with Gasteiger partial charge in [-0.25, -0.2) is 0 Å². The molecule has 118 valence electrons. The molecule has 3 atom stereocenters. The molecule has 1 aromatic carbocycles. The Hall–Kier alpha value is -2.16. The third kappa shape index (κ3) is 3.00. The van der Waals surface area contributed by atoms with Gasteiger partial charge in [-0.05, 0) is 48.8 Å². The van der Waals surface area contributed by atoms with E-state index in [1.807, 2.05) is 42.6 Å². The van der Waals surface area contributed by atoms with Crippen molar-refractivity contribution in [1.82, 2.24) is 4.57 Å². The van der Waals surface area contributed by atoms with E-state index in [1.54, 1.807) is 0 Å². The first-order valence-electron chi connectivity index (χ1n) is 8.57. The van der Waals surface area contributed by atoms with E-state index in [0.29, 0.717) is 5.92 Å². The summed E-state index contributed by atoms with van der Waals surface area (Å²) in [7, 11) is 0. The molecule has 3 unspecified atom stereocenters. The number of fused-ring (bicyclic) bond motifs is 2. The highest BCUT2D eigenvalue weighted by atomic mass is 16.1. The molecule has 2 fully saturated rings. The number of hydrogen-bond acceptors (Lipinski definition) is 1. The molecule has 2 saturated carbocycles. The van der Waals surface area contributed by atoms with Crippen molar-refractivity contribution in [3.8, 4) is 0 Å². The van der Waals surface area contributed by atoms with Crippen LogP contribution in [-0.2, 0) is 11.3 Å². The molecule has 0 N–H and O–H groups in total. The van der Waals surface area contributed by atoms with E-state index in [2.05, 4.69) is 21.7 Å². The lowest BCUT2D eigenvalue weighted by atomic mass is 9.88. The van der Waals surface area contributed by atoms with Gasteiger partial charge in [-0.3, -0.25) is 4.79 Å². The maximum Gasteiger partial charge on any atom is 0.251 e. The standard InChI is InChI=1S/C20H22N2O/c23-20(18-13-16-9-10-17(18)12-16)21-19-8-4-5-11-22(19)14-15-6-2-1-3-7-15/h1-8,11,16-18H,9-10,12-14H2. The van der Waals surface area contributed by atoms with Gasteiger partial charge in [0.25, 0.3) is 5.91 Å². The molecule has 2 aliphatic carbocycles. The highest BCUT2D eigenvalue weighted by Gasteiger charge is 2.42. The molecule has 3 heteroatoms.